The molecule has 1 aromatic heterocycles. The minimum absolute atomic E-state index is 0.0196. The van der Waals surface area contributed by atoms with Crippen molar-refractivity contribution in [3.8, 4) is 0 Å². The van der Waals surface area contributed by atoms with Crippen molar-refractivity contribution >= 4 is 23.8 Å². The molecule has 1 fully saturated rings. The molecule has 0 saturated carbocycles. The van der Waals surface area contributed by atoms with E-state index < -0.39 is 0 Å². The summed E-state index contributed by atoms with van der Waals surface area (Å²) in [6, 6.07) is 6.85. The second-order valence-corrected chi connectivity index (χ2v) is 5.68. The molecule has 2 amide bonds. The Morgan fingerprint density at radius 3 is 2.71 bits per heavy atom. The van der Waals surface area contributed by atoms with Gasteiger partial charge in [0.25, 0.3) is 5.91 Å². The molecule has 0 radical (unpaired) electrons. The fraction of sp³-hybridized carbons (Fsp3) is 0.294. The molecule has 1 aromatic carbocycles. The Labute approximate surface area is 138 Å². The molecule has 1 aliphatic heterocycles. The first-order chi connectivity index (χ1) is 11.5. The van der Waals surface area contributed by atoms with E-state index in [1.807, 2.05) is 0 Å². The third-order valence-electron chi connectivity index (χ3n) is 4.07. The van der Waals surface area contributed by atoms with Crippen LogP contribution in [-0.4, -0.2) is 47.8 Å². The maximum Gasteiger partial charge on any atom is 0.259 e. The van der Waals surface area contributed by atoms with Crippen LogP contribution in [0.5, 0.6) is 0 Å². The van der Waals surface area contributed by atoms with Crippen LogP contribution in [0.2, 0.25) is 0 Å². The summed E-state index contributed by atoms with van der Waals surface area (Å²) in [5.74, 6) is 0.0105. The average molecular weight is 327 g/mol. The SMILES string of the molecule is Cc1noc(C)c1C(=O)N1CCN(c2cccc(C=O)c2)C(=O)C1. The number of benzene rings is 1. The molecule has 0 aliphatic carbocycles. The van der Waals surface area contributed by atoms with Crippen LogP contribution in [0.15, 0.2) is 28.8 Å². The number of aryl methyl sites for hydroxylation is 2. The summed E-state index contributed by atoms with van der Waals surface area (Å²) >= 11 is 0. The molecule has 0 N–H and O–H groups in total. The minimum Gasteiger partial charge on any atom is -0.361 e. The van der Waals surface area contributed by atoms with Gasteiger partial charge in [0.15, 0.2) is 0 Å². The number of aldehydes is 1. The highest BCUT2D eigenvalue weighted by Crippen LogP contribution is 2.21. The molecular weight excluding hydrogens is 310 g/mol. The summed E-state index contributed by atoms with van der Waals surface area (Å²) in [6.45, 7) is 4.13. The van der Waals surface area contributed by atoms with E-state index in [2.05, 4.69) is 5.16 Å². The molecule has 7 heteroatoms. The van der Waals surface area contributed by atoms with Gasteiger partial charge in [-0.15, -0.1) is 0 Å². The van der Waals surface area contributed by atoms with Crippen LogP contribution in [0, 0.1) is 13.8 Å². The van der Waals surface area contributed by atoms with Crippen molar-refractivity contribution in [3.05, 3.63) is 46.8 Å². The molecule has 2 aromatic rings. The lowest BCUT2D eigenvalue weighted by Gasteiger charge is -2.34. The van der Waals surface area contributed by atoms with Crippen molar-refractivity contribution in [2.45, 2.75) is 13.8 Å². The standard InChI is InChI=1S/C17H17N3O4/c1-11-16(12(2)24-18-11)17(23)19-6-7-20(15(22)9-19)14-5-3-4-13(8-14)10-21/h3-5,8,10H,6-7,9H2,1-2H3. The van der Waals surface area contributed by atoms with Gasteiger partial charge in [-0.3, -0.25) is 14.4 Å². The highest BCUT2D eigenvalue weighted by Gasteiger charge is 2.31. The largest absolute Gasteiger partial charge is 0.361 e. The van der Waals surface area contributed by atoms with Crippen molar-refractivity contribution in [3.63, 3.8) is 0 Å². The number of amides is 2. The minimum atomic E-state index is -0.249. The summed E-state index contributed by atoms with van der Waals surface area (Å²) in [7, 11) is 0. The van der Waals surface area contributed by atoms with Crippen molar-refractivity contribution in [2.75, 3.05) is 24.5 Å². The Morgan fingerprint density at radius 2 is 2.08 bits per heavy atom. The average Bonchev–Trinajstić information content (AvgIpc) is 2.92. The van der Waals surface area contributed by atoms with Gasteiger partial charge in [0.1, 0.15) is 24.2 Å². The van der Waals surface area contributed by atoms with E-state index in [0.29, 0.717) is 41.4 Å². The van der Waals surface area contributed by atoms with E-state index in [1.165, 1.54) is 4.90 Å². The third-order valence-corrected chi connectivity index (χ3v) is 4.07. The lowest BCUT2D eigenvalue weighted by Crippen LogP contribution is -2.52. The Morgan fingerprint density at radius 1 is 1.29 bits per heavy atom. The zero-order valence-corrected chi connectivity index (χ0v) is 13.5. The van der Waals surface area contributed by atoms with Gasteiger partial charge in [-0.1, -0.05) is 17.3 Å². The molecule has 24 heavy (non-hydrogen) atoms. The van der Waals surface area contributed by atoms with Crippen LogP contribution < -0.4 is 4.90 Å². The highest BCUT2D eigenvalue weighted by atomic mass is 16.5. The van der Waals surface area contributed by atoms with Gasteiger partial charge in [-0.25, -0.2) is 0 Å². The molecule has 1 aliphatic rings. The second kappa shape index (κ2) is 6.27. The van der Waals surface area contributed by atoms with Crippen LogP contribution >= 0.6 is 0 Å². The summed E-state index contributed by atoms with van der Waals surface area (Å²) in [5.41, 5.74) is 2.11. The lowest BCUT2D eigenvalue weighted by molar-refractivity contribution is -0.120. The number of anilines is 1. The Bertz CT molecular complexity index is 792. The highest BCUT2D eigenvalue weighted by molar-refractivity contribution is 6.02. The second-order valence-electron chi connectivity index (χ2n) is 5.68. The number of piperazine rings is 1. The van der Waals surface area contributed by atoms with Crippen LogP contribution in [0.25, 0.3) is 0 Å². The first-order valence-corrected chi connectivity index (χ1v) is 7.59. The summed E-state index contributed by atoms with van der Waals surface area (Å²) in [5, 5.41) is 3.78. The summed E-state index contributed by atoms with van der Waals surface area (Å²) < 4.78 is 5.02. The van der Waals surface area contributed by atoms with Gasteiger partial charge in [-0.05, 0) is 26.0 Å². The maximum atomic E-state index is 12.6. The van der Waals surface area contributed by atoms with Gasteiger partial charge < -0.3 is 14.3 Å². The van der Waals surface area contributed by atoms with Crippen molar-refractivity contribution in [1.29, 1.82) is 0 Å². The quantitative estimate of drug-likeness (QED) is 0.800. The first kappa shape index (κ1) is 15.9. The zero-order chi connectivity index (χ0) is 17.3. The van der Waals surface area contributed by atoms with Crippen molar-refractivity contribution < 1.29 is 18.9 Å². The molecule has 3 rings (SSSR count). The van der Waals surface area contributed by atoms with Crippen LogP contribution in [0.4, 0.5) is 5.69 Å². The van der Waals surface area contributed by atoms with Crippen LogP contribution in [0.1, 0.15) is 32.2 Å². The predicted octanol–water partition coefficient (Wildman–Crippen LogP) is 1.59. The number of aromatic nitrogens is 1. The fourth-order valence-corrected chi connectivity index (χ4v) is 2.83. The van der Waals surface area contributed by atoms with Gasteiger partial charge in [-0.2, -0.15) is 0 Å². The molecule has 2 heterocycles. The summed E-state index contributed by atoms with van der Waals surface area (Å²) in [6.07, 6.45) is 0.741. The normalized spacial score (nSPS) is 14.8. The van der Waals surface area contributed by atoms with E-state index in [0.717, 1.165) is 6.29 Å². The summed E-state index contributed by atoms with van der Waals surface area (Å²) in [4.78, 5) is 39.0. The van der Waals surface area contributed by atoms with Gasteiger partial charge in [0.2, 0.25) is 5.91 Å². The number of hydrogen-bond acceptors (Lipinski definition) is 5. The van der Waals surface area contributed by atoms with Gasteiger partial charge in [0, 0.05) is 24.3 Å². The lowest BCUT2D eigenvalue weighted by atomic mass is 10.1. The van der Waals surface area contributed by atoms with E-state index in [1.54, 1.807) is 43.0 Å². The fourth-order valence-electron chi connectivity index (χ4n) is 2.83. The Balaban J connectivity index is 1.77. The molecule has 0 spiro atoms. The third kappa shape index (κ3) is 2.80. The molecule has 0 unspecified atom stereocenters. The van der Waals surface area contributed by atoms with Crippen molar-refractivity contribution in [1.82, 2.24) is 10.1 Å². The smallest absolute Gasteiger partial charge is 0.259 e. The van der Waals surface area contributed by atoms with Gasteiger partial charge in [0.05, 0.1) is 5.69 Å². The Hall–Kier alpha value is -2.96. The number of carbonyl (C=O) groups is 3. The topological polar surface area (TPSA) is 83.7 Å². The number of hydrogen-bond donors (Lipinski definition) is 0. The van der Waals surface area contributed by atoms with Crippen molar-refractivity contribution in [2.24, 2.45) is 0 Å². The molecule has 1 saturated heterocycles. The van der Waals surface area contributed by atoms with E-state index in [-0.39, 0.29) is 18.4 Å². The monoisotopic (exact) mass is 327 g/mol. The molecule has 7 nitrogen and oxygen atoms in total. The van der Waals surface area contributed by atoms with E-state index in [9.17, 15) is 14.4 Å². The molecule has 0 atom stereocenters. The number of rotatable bonds is 3. The number of carbonyl (C=O) groups excluding carboxylic acids is 3. The van der Waals surface area contributed by atoms with Crippen LogP contribution in [-0.2, 0) is 4.79 Å². The molecule has 124 valence electrons. The maximum absolute atomic E-state index is 12.6. The van der Waals surface area contributed by atoms with Crippen LogP contribution in [0.3, 0.4) is 0 Å². The van der Waals surface area contributed by atoms with E-state index >= 15 is 0 Å². The molecular formula is C17H17N3O4. The number of nitrogens with zero attached hydrogens (tertiary/aromatic N) is 3. The first-order valence-electron chi connectivity index (χ1n) is 7.59. The zero-order valence-electron chi connectivity index (χ0n) is 13.5. The van der Waals surface area contributed by atoms with Gasteiger partial charge >= 0.3 is 0 Å². The predicted molar refractivity (Wildman–Crippen MR) is 86.1 cm³/mol. The molecule has 0 bridgehead atoms. The van der Waals surface area contributed by atoms with E-state index in [4.69, 9.17) is 4.52 Å². The Kier molecular flexibility index (Phi) is 4.16.